The molecule has 0 aliphatic heterocycles. The standard InChI is InChI=1S/C14H28.C8H8O2.C4H8O.C2H6/c1-4-12(2)7-5-8-13(3)11-14-9-6-10-14;1-6-2-4-7(5-3-6)8(9)10;1-3-4(2)5;1-2/h12-14H,4-11H2,1-3H3;2-5H,1H3,(H,9,10);3H2,1-2H3;1-2H3/t12-,13?;;;/m1.../s1. The molecule has 2 atom stereocenters. The van der Waals surface area contributed by atoms with Crippen LogP contribution in [0.5, 0.6) is 0 Å². The highest BCUT2D eigenvalue weighted by molar-refractivity contribution is 5.87. The van der Waals surface area contributed by atoms with Gasteiger partial charge in [0.2, 0.25) is 0 Å². The zero-order valence-corrected chi connectivity index (χ0v) is 21.7. The summed E-state index contributed by atoms with van der Waals surface area (Å²) in [4.78, 5) is 20.1. The van der Waals surface area contributed by atoms with Crippen molar-refractivity contribution >= 4 is 11.8 Å². The summed E-state index contributed by atoms with van der Waals surface area (Å²) in [6.07, 6.45) is 12.5. The number of hydrogen-bond donors (Lipinski definition) is 1. The Hall–Kier alpha value is -1.64. The summed E-state index contributed by atoms with van der Waals surface area (Å²) < 4.78 is 0. The van der Waals surface area contributed by atoms with Crippen molar-refractivity contribution in [2.45, 2.75) is 113 Å². The quantitative estimate of drug-likeness (QED) is 0.422. The first-order valence-electron chi connectivity index (χ1n) is 12.5. The average molecular weight is 435 g/mol. The summed E-state index contributed by atoms with van der Waals surface area (Å²) >= 11 is 0. The van der Waals surface area contributed by atoms with Crippen LogP contribution >= 0.6 is 0 Å². The van der Waals surface area contributed by atoms with Crippen molar-refractivity contribution in [3.63, 3.8) is 0 Å². The first-order chi connectivity index (χ1) is 14.7. The van der Waals surface area contributed by atoms with Gasteiger partial charge in [0, 0.05) is 6.42 Å². The van der Waals surface area contributed by atoms with E-state index in [0.29, 0.717) is 12.0 Å². The van der Waals surface area contributed by atoms with Gasteiger partial charge in [0.1, 0.15) is 5.78 Å². The zero-order valence-electron chi connectivity index (χ0n) is 21.7. The minimum atomic E-state index is -0.875. The number of aromatic carboxylic acids is 1. The molecule has 31 heavy (non-hydrogen) atoms. The fourth-order valence-corrected chi connectivity index (χ4v) is 3.13. The fourth-order valence-electron chi connectivity index (χ4n) is 3.13. The third kappa shape index (κ3) is 18.8. The number of aryl methyl sites for hydroxylation is 1. The second kappa shape index (κ2) is 20.3. The Balaban J connectivity index is 0. The molecular weight excluding hydrogens is 384 g/mol. The second-order valence-electron chi connectivity index (χ2n) is 8.81. The lowest BCUT2D eigenvalue weighted by atomic mass is 9.78. The molecule has 1 N–H and O–H groups in total. The molecule has 0 aromatic heterocycles. The van der Waals surface area contributed by atoms with Crippen LogP contribution in [-0.4, -0.2) is 16.9 Å². The van der Waals surface area contributed by atoms with Crippen LogP contribution in [0.1, 0.15) is 122 Å². The number of carboxylic acids is 1. The van der Waals surface area contributed by atoms with Crippen molar-refractivity contribution < 1.29 is 14.7 Å². The van der Waals surface area contributed by atoms with E-state index in [-0.39, 0.29) is 5.78 Å². The van der Waals surface area contributed by atoms with Crippen LogP contribution in [-0.2, 0) is 4.79 Å². The number of ketones is 1. The SMILES string of the molecule is CC.CCC(C)=O.CC[C@@H](C)CCCC(C)CC1CCC1.Cc1ccc(C(=O)O)cc1. The molecule has 180 valence electrons. The molecule has 0 radical (unpaired) electrons. The van der Waals surface area contributed by atoms with E-state index in [1.54, 1.807) is 31.2 Å². The van der Waals surface area contributed by atoms with E-state index in [4.69, 9.17) is 5.11 Å². The van der Waals surface area contributed by atoms with Gasteiger partial charge in [-0.3, -0.25) is 0 Å². The molecule has 1 fully saturated rings. The molecule has 0 spiro atoms. The van der Waals surface area contributed by atoms with Crippen molar-refractivity contribution in [1.29, 1.82) is 0 Å². The molecule has 1 aliphatic carbocycles. The number of carbonyl (C=O) groups excluding carboxylic acids is 1. The number of benzene rings is 1. The highest BCUT2D eigenvalue weighted by atomic mass is 16.4. The third-order valence-electron chi connectivity index (χ3n) is 5.85. The number of hydrogen-bond acceptors (Lipinski definition) is 2. The molecule has 1 unspecified atom stereocenters. The van der Waals surface area contributed by atoms with E-state index in [0.717, 1.165) is 23.3 Å². The first-order valence-corrected chi connectivity index (χ1v) is 12.5. The Labute approximate surface area is 193 Å². The van der Waals surface area contributed by atoms with Gasteiger partial charge in [0.05, 0.1) is 5.56 Å². The summed E-state index contributed by atoms with van der Waals surface area (Å²) in [6, 6.07) is 6.75. The maximum atomic E-state index is 10.3. The number of rotatable bonds is 9. The largest absolute Gasteiger partial charge is 0.478 e. The molecule has 0 heterocycles. The molecule has 1 saturated carbocycles. The van der Waals surface area contributed by atoms with Crippen LogP contribution in [0, 0.1) is 24.7 Å². The maximum absolute atomic E-state index is 10.3. The predicted octanol–water partition coefficient (Wildman–Crippen LogP) is 8.73. The van der Waals surface area contributed by atoms with Gasteiger partial charge in [0.15, 0.2) is 0 Å². The van der Waals surface area contributed by atoms with Crippen molar-refractivity contribution in [1.82, 2.24) is 0 Å². The highest BCUT2D eigenvalue weighted by Gasteiger charge is 2.19. The van der Waals surface area contributed by atoms with Crippen LogP contribution in [0.4, 0.5) is 0 Å². The van der Waals surface area contributed by atoms with Crippen LogP contribution in [0.15, 0.2) is 24.3 Å². The Morgan fingerprint density at radius 1 is 1.00 bits per heavy atom. The van der Waals surface area contributed by atoms with Crippen LogP contribution in [0.3, 0.4) is 0 Å². The van der Waals surface area contributed by atoms with E-state index in [2.05, 4.69) is 20.8 Å². The third-order valence-corrected chi connectivity index (χ3v) is 5.85. The minimum Gasteiger partial charge on any atom is -0.478 e. The molecule has 1 aromatic carbocycles. The van der Waals surface area contributed by atoms with E-state index >= 15 is 0 Å². The van der Waals surface area contributed by atoms with Gasteiger partial charge in [-0.2, -0.15) is 0 Å². The molecule has 0 amide bonds. The molecule has 1 aromatic rings. The number of carboxylic acid groups (broad SMARTS) is 1. The second-order valence-corrected chi connectivity index (χ2v) is 8.81. The summed E-state index contributed by atoms with van der Waals surface area (Å²) in [5.41, 5.74) is 1.41. The number of carbonyl (C=O) groups is 2. The molecule has 3 nitrogen and oxygen atoms in total. The Bertz CT molecular complexity index is 558. The van der Waals surface area contributed by atoms with Gasteiger partial charge in [-0.15, -0.1) is 0 Å². The number of Topliss-reactive ketones (excluding diaryl/α,β-unsaturated/α-hetero) is 1. The van der Waals surface area contributed by atoms with E-state index in [1.807, 2.05) is 27.7 Å². The molecular formula is C28H50O3. The van der Waals surface area contributed by atoms with Gasteiger partial charge in [0.25, 0.3) is 0 Å². The normalized spacial score (nSPS) is 14.2. The summed E-state index contributed by atoms with van der Waals surface area (Å²) in [6.45, 7) is 16.5. The molecule has 0 bridgehead atoms. The Morgan fingerprint density at radius 3 is 1.84 bits per heavy atom. The predicted molar refractivity (Wildman–Crippen MR) is 135 cm³/mol. The topological polar surface area (TPSA) is 54.4 Å². The molecule has 3 heteroatoms. The van der Waals surface area contributed by atoms with Crippen LogP contribution in [0.25, 0.3) is 0 Å². The van der Waals surface area contributed by atoms with Crippen molar-refractivity contribution in [3.8, 4) is 0 Å². The lowest BCUT2D eigenvalue weighted by molar-refractivity contribution is -0.116. The maximum Gasteiger partial charge on any atom is 0.335 e. The average Bonchev–Trinajstić information content (AvgIpc) is 2.73. The van der Waals surface area contributed by atoms with E-state index < -0.39 is 5.97 Å². The summed E-state index contributed by atoms with van der Waals surface area (Å²) in [7, 11) is 0. The summed E-state index contributed by atoms with van der Waals surface area (Å²) in [5.74, 6) is 2.42. The van der Waals surface area contributed by atoms with E-state index in [1.165, 1.54) is 51.4 Å². The minimum absolute atomic E-state index is 0.255. The van der Waals surface area contributed by atoms with Crippen LogP contribution in [0.2, 0.25) is 0 Å². The first kappa shape index (κ1) is 31.5. The lowest BCUT2D eigenvalue weighted by Gasteiger charge is -2.28. The van der Waals surface area contributed by atoms with Gasteiger partial charge >= 0.3 is 5.97 Å². The Kier molecular flexibility index (Phi) is 20.6. The smallest absolute Gasteiger partial charge is 0.335 e. The Morgan fingerprint density at radius 2 is 1.48 bits per heavy atom. The van der Waals surface area contributed by atoms with E-state index in [9.17, 15) is 9.59 Å². The van der Waals surface area contributed by atoms with Gasteiger partial charge < -0.3 is 9.90 Å². The van der Waals surface area contributed by atoms with Crippen molar-refractivity contribution in [2.75, 3.05) is 0 Å². The van der Waals surface area contributed by atoms with Gasteiger partial charge in [-0.25, -0.2) is 4.79 Å². The monoisotopic (exact) mass is 434 g/mol. The molecule has 0 saturated heterocycles. The fraction of sp³-hybridized carbons (Fsp3) is 0.714. The van der Waals surface area contributed by atoms with Gasteiger partial charge in [-0.1, -0.05) is 104 Å². The lowest BCUT2D eigenvalue weighted by Crippen LogP contribution is -2.14. The zero-order chi connectivity index (χ0) is 24.2. The molecule has 2 rings (SSSR count). The van der Waals surface area contributed by atoms with Gasteiger partial charge in [-0.05, 0) is 50.2 Å². The van der Waals surface area contributed by atoms with Crippen molar-refractivity contribution in [2.24, 2.45) is 17.8 Å². The van der Waals surface area contributed by atoms with Crippen LogP contribution < -0.4 is 0 Å². The van der Waals surface area contributed by atoms with Crippen molar-refractivity contribution in [3.05, 3.63) is 35.4 Å². The summed E-state index contributed by atoms with van der Waals surface area (Å²) in [5, 5.41) is 8.48. The molecule has 1 aliphatic rings. The highest BCUT2D eigenvalue weighted by Crippen LogP contribution is 2.33.